The van der Waals surface area contributed by atoms with E-state index in [0.717, 1.165) is 0 Å². The number of benzene rings is 1. The molecule has 0 amide bonds. The van der Waals surface area contributed by atoms with E-state index in [-0.39, 0.29) is 11.6 Å². The van der Waals surface area contributed by atoms with E-state index < -0.39 is 5.97 Å². The van der Waals surface area contributed by atoms with Gasteiger partial charge >= 0.3 is 5.97 Å². The predicted molar refractivity (Wildman–Crippen MR) is 52.7 cm³/mol. The summed E-state index contributed by atoms with van der Waals surface area (Å²) in [5.74, 6) is -1.02. The Kier molecular flexibility index (Phi) is 1.78. The number of nitrogens with zero attached hydrogens (tertiary/aromatic N) is 1. The normalized spacial score (nSPS) is 11.0. The van der Waals surface area contributed by atoms with Crippen LogP contribution in [0.15, 0.2) is 48.8 Å². The molecule has 0 spiro atoms. The van der Waals surface area contributed by atoms with Crippen LogP contribution < -0.4 is 0 Å². The Bertz CT molecular complexity index is 491. The van der Waals surface area contributed by atoms with Crippen LogP contribution in [-0.2, 0) is 0 Å². The van der Waals surface area contributed by atoms with Crippen molar-refractivity contribution in [3.8, 4) is 5.69 Å². The molecule has 3 nitrogen and oxygen atoms in total. The fourth-order valence-electron chi connectivity index (χ4n) is 1.30. The van der Waals surface area contributed by atoms with Crippen LogP contribution in [0.25, 0.3) is 5.69 Å². The van der Waals surface area contributed by atoms with Crippen LogP contribution in [-0.4, -0.2) is 15.6 Å². The van der Waals surface area contributed by atoms with Crippen LogP contribution in [0.5, 0.6) is 0 Å². The zero-order chi connectivity index (χ0) is 10.8. The van der Waals surface area contributed by atoms with Gasteiger partial charge in [-0.05, 0) is 24.2 Å². The van der Waals surface area contributed by atoms with Crippen molar-refractivity contribution in [2.45, 2.75) is 0 Å². The molecule has 2 rings (SSSR count). The molecule has 70 valence electrons. The van der Waals surface area contributed by atoms with Crippen LogP contribution in [0.4, 0.5) is 0 Å². The quantitative estimate of drug-likeness (QED) is 0.784. The summed E-state index contributed by atoms with van der Waals surface area (Å²) in [6.45, 7) is 0. The Morgan fingerprint density at radius 3 is 2.64 bits per heavy atom. The first kappa shape index (κ1) is 7.38. The van der Waals surface area contributed by atoms with Crippen molar-refractivity contribution in [3.63, 3.8) is 0 Å². The van der Waals surface area contributed by atoms with E-state index in [1.807, 2.05) is 0 Å². The van der Waals surface area contributed by atoms with Gasteiger partial charge in [-0.2, -0.15) is 0 Å². The lowest BCUT2D eigenvalue weighted by atomic mass is 10.2. The SMILES string of the molecule is [2H]c1cccc(C(=O)O)c1-n1cccc1. The van der Waals surface area contributed by atoms with Crippen molar-refractivity contribution < 1.29 is 11.3 Å². The number of hydrogen-bond acceptors (Lipinski definition) is 1. The van der Waals surface area contributed by atoms with Gasteiger partial charge in [-0.15, -0.1) is 0 Å². The molecular weight excluding hydrogens is 178 g/mol. The topological polar surface area (TPSA) is 42.2 Å². The van der Waals surface area contributed by atoms with Gasteiger partial charge in [-0.1, -0.05) is 12.1 Å². The maximum Gasteiger partial charge on any atom is 0.337 e. The number of para-hydroxylation sites is 1. The smallest absolute Gasteiger partial charge is 0.337 e. The molecule has 0 aliphatic heterocycles. The zero-order valence-corrected chi connectivity index (χ0v) is 7.34. The summed E-state index contributed by atoms with van der Waals surface area (Å²) in [5, 5.41) is 8.99. The Hall–Kier alpha value is -2.03. The third-order valence-corrected chi connectivity index (χ3v) is 1.93. The number of aromatic carboxylic acids is 1. The molecule has 0 aliphatic carbocycles. The highest BCUT2D eigenvalue weighted by molar-refractivity contribution is 5.91. The van der Waals surface area contributed by atoms with E-state index >= 15 is 0 Å². The molecule has 0 radical (unpaired) electrons. The monoisotopic (exact) mass is 188 g/mol. The fraction of sp³-hybridized carbons (Fsp3) is 0. The maximum atomic E-state index is 11.0. The van der Waals surface area contributed by atoms with Gasteiger partial charge in [0.15, 0.2) is 0 Å². The second-order valence-corrected chi connectivity index (χ2v) is 2.83. The Labute approximate surface area is 82.6 Å². The van der Waals surface area contributed by atoms with Gasteiger partial charge in [0.25, 0.3) is 0 Å². The third kappa shape index (κ3) is 1.40. The molecular formula is C11H9NO2. The van der Waals surface area contributed by atoms with Gasteiger partial charge in [0, 0.05) is 12.4 Å². The van der Waals surface area contributed by atoms with Gasteiger partial charge in [0.05, 0.1) is 12.6 Å². The first-order valence-electron chi connectivity index (χ1n) is 4.66. The second kappa shape index (κ2) is 3.38. The second-order valence-electron chi connectivity index (χ2n) is 2.83. The van der Waals surface area contributed by atoms with E-state index in [2.05, 4.69) is 0 Å². The number of carboxylic acid groups (broad SMARTS) is 1. The lowest BCUT2D eigenvalue weighted by Gasteiger charge is -2.06. The summed E-state index contributed by atoms with van der Waals surface area (Å²) in [7, 11) is 0. The number of carboxylic acids is 1. The highest BCUT2D eigenvalue weighted by Crippen LogP contribution is 2.14. The van der Waals surface area contributed by atoms with Crippen molar-refractivity contribution in [1.82, 2.24) is 4.57 Å². The average Bonchev–Trinajstić information content (AvgIpc) is 2.70. The summed E-state index contributed by atoms with van der Waals surface area (Å²) in [4.78, 5) is 11.0. The molecule has 2 aromatic rings. The van der Waals surface area contributed by atoms with Crippen molar-refractivity contribution in [1.29, 1.82) is 0 Å². The van der Waals surface area contributed by atoms with Gasteiger partial charge in [0.1, 0.15) is 0 Å². The van der Waals surface area contributed by atoms with Crippen LogP contribution in [0.1, 0.15) is 11.7 Å². The molecule has 3 heteroatoms. The van der Waals surface area contributed by atoms with Gasteiger partial charge in [-0.25, -0.2) is 4.79 Å². The largest absolute Gasteiger partial charge is 0.478 e. The molecule has 0 atom stereocenters. The molecule has 1 aromatic heterocycles. The summed E-state index contributed by atoms with van der Waals surface area (Å²) in [6, 6.07) is 8.41. The Morgan fingerprint density at radius 1 is 1.29 bits per heavy atom. The first-order chi connectivity index (χ1) is 7.20. The van der Waals surface area contributed by atoms with Crippen LogP contribution >= 0.6 is 0 Å². The molecule has 0 fully saturated rings. The van der Waals surface area contributed by atoms with Crippen molar-refractivity contribution in [2.75, 3.05) is 0 Å². The van der Waals surface area contributed by atoms with Crippen molar-refractivity contribution in [2.24, 2.45) is 0 Å². The lowest BCUT2D eigenvalue weighted by molar-refractivity contribution is 0.0697. The first-order valence-corrected chi connectivity index (χ1v) is 4.16. The molecule has 14 heavy (non-hydrogen) atoms. The highest BCUT2D eigenvalue weighted by atomic mass is 16.4. The number of rotatable bonds is 2. The Balaban J connectivity index is 2.68. The van der Waals surface area contributed by atoms with Crippen LogP contribution in [0, 0.1) is 0 Å². The minimum Gasteiger partial charge on any atom is -0.478 e. The average molecular weight is 188 g/mol. The summed E-state index contributed by atoms with van der Waals surface area (Å²) >= 11 is 0. The predicted octanol–water partition coefficient (Wildman–Crippen LogP) is 2.18. The van der Waals surface area contributed by atoms with E-state index in [4.69, 9.17) is 6.48 Å². The molecule has 1 N–H and O–H groups in total. The summed E-state index contributed by atoms with van der Waals surface area (Å²) in [5.41, 5.74) is 0.536. The van der Waals surface area contributed by atoms with Crippen LogP contribution in [0.2, 0.25) is 0 Å². The van der Waals surface area contributed by atoms with E-state index in [1.54, 1.807) is 41.2 Å². The fourth-order valence-corrected chi connectivity index (χ4v) is 1.30. The minimum absolute atomic E-state index is 0.138. The molecule has 0 saturated heterocycles. The number of aromatic nitrogens is 1. The molecule has 0 aliphatic rings. The molecule has 0 bridgehead atoms. The van der Waals surface area contributed by atoms with E-state index in [9.17, 15) is 4.79 Å². The molecule has 0 saturated carbocycles. The van der Waals surface area contributed by atoms with Gasteiger partial charge < -0.3 is 9.67 Å². The van der Waals surface area contributed by atoms with E-state index in [0.29, 0.717) is 5.69 Å². The van der Waals surface area contributed by atoms with Crippen molar-refractivity contribution >= 4 is 5.97 Å². The minimum atomic E-state index is -1.02. The number of carbonyl (C=O) groups is 1. The molecule has 1 aromatic carbocycles. The Morgan fingerprint density at radius 2 is 2.00 bits per heavy atom. The van der Waals surface area contributed by atoms with Gasteiger partial charge in [-0.3, -0.25) is 0 Å². The molecule has 1 heterocycles. The van der Waals surface area contributed by atoms with Gasteiger partial charge in [0.2, 0.25) is 0 Å². The van der Waals surface area contributed by atoms with Crippen LogP contribution in [0.3, 0.4) is 0 Å². The summed E-state index contributed by atoms with van der Waals surface area (Å²) < 4.78 is 9.33. The van der Waals surface area contributed by atoms with Crippen molar-refractivity contribution in [3.05, 3.63) is 54.3 Å². The molecule has 0 unspecified atom stereocenters. The van der Waals surface area contributed by atoms with E-state index in [1.165, 1.54) is 6.07 Å². The third-order valence-electron chi connectivity index (χ3n) is 1.93. The standard InChI is InChI=1S/C11H9NO2/c13-11(14)9-5-1-2-6-10(9)12-7-3-4-8-12/h1-8H,(H,13,14)/i6D. The zero-order valence-electron chi connectivity index (χ0n) is 8.34. The number of hydrogen-bond donors (Lipinski definition) is 1. The lowest BCUT2D eigenvalue weighted by Crippen LogP contribution is -2.03. The highest BCUT2D eigenvalue weighted by Gasteiger charge is 2.08. The maximum absolute atomic E-state index is 11.0. The summed E-state index contributed by atoms with van der Waals surface area (Å²) in [6.07, 6.45) is 3.44.